The number of hydrogen-bond acceptors (Lipinski definition) is 3. The summed E-state index contributed by atoms with van der Waals surface area (Å²) in [5, 5.41) is 17.2. The molecular formula is C18H14N2O2S. The molecule has 0 spiro atoms. The van der Waals surface area contributed by atoms with Crippen LogP contribution in [0.15, 0.2) is 66.7 Å². The third-order valence-electron chi connectivity index (χ3n) is 3.40. The highest BCUT2D eigenvalue weighted by atomic mass is 32.1. The number of rotatable bonds is 2. The molecule has 4 nitrogen and oxygen atoms in total. The van der Waals surface area contributed by atoms with E-state index in [2.05, 4.69) is 10.6 Å². The highest BCUT2D eigenvalue weighted by Crippen LogP contribution is 2.24. The van der Waals surface area contributed by atoms with Gasteiger partial charge in [0.25, 0.3) is 5.91 Å². The van der Waals surface area contributed by atoms with Gasteiger partial charge in [-0.15, -0.1) is 0 Å². The monoisotopic (exact) mass is 322 g/mol. The third-order valence-corrected chi connectivity index (χ3v) is 3.68. The van der Waals surface area contributed by atoms with E-state index < -0.39 is 5.91 Å². The largest absolute Gasteiger partial charge is 0.506 e. The molecule has 0 aliphatic rings. The van der Waals surface area contributed by atoms with Crippen molar-refractivity contribution in [3.8, 4) is 5.75 Å². The van der Waals surface area contributed by atoms with Gasteiger partial charge in [0, 0.05) is 11.1 Å². The number of carbonyl (C=O) groups is 1. The minimum Gasteiger partial charge on any atom is -0.506 e. The van der Waals surface area contributed by atoms with Crippen molar-refractivity contribution in [1.82, 2.24) is 0 Å². The molecule has 3 aromatic carbocycles. The number of carbonyl (C=O) groups excluding carboxylic acids is 1. The number of nitrogens with one attached hydrogen (secondary N) is 2. The topological polar surface area (TPSA) is 61.4 Å². The Morgan fingerprint density at radius 2 is 1.48 bits per heavy atom. The quantitative estimate of drug-likeness (QED) is 0.494. The smallest absolute Gasteiger partial charge is 0.283 e. The molecule has 3 N–H and O–H groups in total. The van der Waals surface area contributed by atoms with Crippen molar-refractivity contribution in [2.24, 2.45) is 0 Å². The Balaban J connectivity index is 1.78. The predicted octanol–water partition coefficient (Wildman–Crippen LogP) is 3.92. The number of benzene rings is 3. The summed E-state index contributed by atoms with van der Waals surface area (Å²) >= 11 is 5.11. The van der Waals surface area contributed by atoms with Crippen LogP contribution < -0.4 is 10.6 Å². The molecule has 23 heavy (non-hydrogen) atoms. The van der Waals surface area contributed by atoms with Gasteiger partial charge in [0.1, 0.15) is 5.75 Å². The Hall–Kier alpha value is -2.92. The normalized spacial score (nSPS) is 10.3. The molecule has 0 saturated carbocycles. The Bertz CT molecular complexity index is 888. The van der Waals surface area contributed by atoms with E-state index >= 15 is 0 Å². The van der Waals surface area contributed by atoms with Crippen molar-refractivity contribution in [1.29, 1.82) is 0 Å². The second-order valence-electron chi connectivity index (χ2n) is 4.95. The first-order valence-electron chi connectivity index (χ1n) is 7.03. The molecule has 0 aromatic heterocycles. The van der Waals surface area contributed by atoms with Gasteiger partial charge < -0.3 is 15.7 Å². The molecule has 3 rings (SSSR count). The SMILES string of the molecule is O=C(Nc1cccc2ccccc12)C(=S)Nc1ccccc1O. The van der Waals surface area contributed by atoms with Crippen molar-refractivity contribution >= 4 is 45.3 Å². The highest BCUT2D eigenvalue weighted by Gasteiger charge is 2.12. The molecule has 0 radical (unpaired) electrons. The van der Waals surface area contributed by atoms with E-state index in [1.807, 2.05) is 42.5 Å². The van der Waals surface area contributed by atoms with E-state index in [0.717, 1.165) is 10.8 Å². The Morgan fingerprint density at radius 3 is 2.30 bits per heavy atom. The van der Waals surface area contributed by atoms with Gasteiger partial charge in [-0.2, -0.15) is 0 Å². The zero-order valence-corrected chi connectivity index (χ0v) is 12.9. The molecule has 0 unspecified atom stereocenters. The van der Waals surface area contributed by atoms with E-state index in [1.54, 1.807) is 18.2 Å². The Kier molecular flexibility index (Phi) is 4.21. The number of thiocarbonyl (C=S) groups is 1. The fourth-order valence-electron chi connectivity index (χ4n) is 2.27. The summed E-state index contributed by atoms with van der Waals surface area (Å²) in [4.78, 5) is 12.3. The summed E-state index contributed by atoms with van der Waals surface area (Å²) < 4.78 is 0. The lowest BCUT2D eigenvalue weighted by Gasteiger charge is -2.11. The minimum absolute atomic E-state index is 0.0144. The fraction of sp³-hybridized carbons (Fsp3) is 0. The Labute approximate surface area is 138 Å². The standard InChI is InChI=1S/C18H14N2O2S/c21-16-11-4-3-9-15(16)20-18(23)17(22)19-14-10-5-7-12-6-1-2-8-13(12)14/h1-11,21H,(H,19,22)(H,20,23). The second-order valence-corrected chi connectivity index (χ2v) is 5.36. The summed E-state index contributed by atoms with van der Waals surface area (Å²) in [5.41, 5.74) is 1.08. The number of para-hydroxylation sites is 2. The first-order chi connectivity index (χ1) is 11.1. The van der Waals surface area contributed by atoms with E-state index in [1.165, 1.54) is 6.07 Å². The zero-order valence-electron chi connectivity index (χ0n) is 12.1. The van der Waals surface area contributed by atoms with Crippen LogP contribution in [0, 0.1) is 0 Å². The van der Waals surface area contributed by atoms with E-state index in [9.17, 15) is 9.90 Å². The van der Waals surface area contributed by atoms with Gasteiger partial charge in [0.05, 0.1) is 5.69 Å². The number of fused-ring (bicyclic) bond motifs is 1. The average molecular weight is 322 g/mol. The fourth-order valence-corrected chi connectivity index (χ4v) is 2.43. The third kappa shape index (κ3) is 3.30. The number of phenolic OH excluding ortho intramolecular Hbond substituents is 1. The number of amides is 1. The molecule has 0 bridgehead atoms. The van der Waals surface area contributed by atoms with Crippen LogP contribution >= 0.6 is 12.2 Å². The summed E-state index contributed by atoms with van der Waals surface area (Å²) in [6.45, 7) is 0. The van der Waals surface area contributed by atoms with E-state index in [0.29, 0.717) is 11.4 Å². The first-order valence-corrected chi connectivity index (χ1v) is 7.44. The molecule has 5 heteroatoms. The van der Waals surface area contributed by atoms with Gasteiger partial charge in [0.15, 0.2) is 4.99 Å². The molecule has 0 atom stereocenters. The predicted molar refractivity (Wildman–Crippen MR) is 96.9 cm³/mol. The lowest BCUT2D eigenvalue weighted by atomic mass is 10.1. The van der Waals surface area contributed by atoms with Crippen LogP contribution in [0.25, 0.3) is 10.8 Å². The highest BCUT2D eigenvalue weighted by molar-refractivity contribution is 7.82. The number of anilines is 2. The van der Waals surface area contributed by atoms with Crippen molar-refractivity contribution in [3.05, 3.63) is 66.7 Å². The second kappa shape index (κ2) is 6.46. The molecule has 0 heterocycles. The van der Waals surface area contributed by atoms with Crippen molar-refractivity contribution < 1.29 is 9.90 Å². The maximum atomic E-state index is 12.3. The van der Waals surface area contributed by atoms with Gasteiger partial charge in [-0.1, -0.05) is 60.7 Å². The van der Waals surface area contributed by atoms with Crippen LogP contribution in [-0.4, -0.2) is 16.0 Å². The summed E-state index contributed by atoms with van der Waals surface area (Å²) in [6.07, 6.45) is 0. The molecule has 0 aliphatic heterocycles. The van der Waals surface area contributed by atoms with Crippen molar-refractivity contribution in [3.63, 3.8) is 0 Å². The van der Waals surface area contributed by atoms with Gasteiger partial charge in [-0.05, 0) is 23.6 Å². The van der Waals surface area contributed by atoms with Gasteiger partial charge >= 0.3 is 0 Å². The number of aromatic hydroxyl groups is 1. The number of hydrogen-bond donors (Lipinski definition) is 3. The van der Waals surface area contributed by atoms with Crippen LogP contribution in [0.3, 0.4) is 0 Å². The molecule has 114 valence electrons. The minimum atomic E-state index is -0.431. The summed E-state index contributed by atoms with van der Waals surface area (Å²) in [7, 11) is 0. The first kappa shape index (κ1) is 15.0. The lowest BCUT2D eigenvalue weighted by molar-refractivity contribution is -0.110. The molecule has 3 aromatic rings. The molecule has 0 saturated heterocycles. The molecule has 0 aliphatic carbocycles. The van der Waals surface area contributed by atoms with Gasteiger partial charge in [-0.3, -0.25) is 4.79 Å². The Morgan fingerprint density at radius 1 is 0.826 bits per heavy atom. The van der Waals surface area contributed by atoms with E-state index in [-0.39, 0.29) is 10.7 Å². The maximum Gasteiger partial charge on any atom is 0.283 e. The van der Waals surface area contributed by atoms with Crippen LogP contribution in [0.2, 0.25) is 0 Å². The molecule has 0 fully saturated rings. The zero-order chi connectivity index (χ0) is 16.2. The van der Waals surface area contributed by atoms with Crippen LogP contribution in [0.1, 0.15) is 0 Å². The van der Waals surface area contributed by atoms with Crippen molar-refractivity contribution in [2.75, 3.05) is 10.6 Å². The average Bonchev–Trinajstić information content (AvgIpc) is 2.57. The molecule has 1 amide bonds. The summed E-state index contributed by atoms with van der Waals surface area (Å²) in [6, 6.07) is 20.0. The van der Waals surface area contributed by atoms with E-state index in [4.69, 9.17) is 12.2 Å². The van der Waals surface area contributed by atoms with Crippen LogP contribution in [0.4, 0.5) is 11.4 Å². The van der Waals surface area contributed by atoms with Crippen LogP contribution in [-0.2, 0) is 4.79 Å². The maximum absolute atomic E-state index is 12.3. The van der Waals surface area contributed by atoms with Crippen molar-refractivity contribution in [2.45, 2.75) is 0 Å². The van der Waals surface area contributed by atoms with Gasteiger partial charge in [0.2, 0.25) is 0 Å². The summed E-state index contributed by atoms with van der Waals surface area (Å²) in [5.74, 6) is -0.396. The molecular weight excluding hydrogens is 308 g/mol. The number of phenols is 1. The van der Waals surface area contributed by atoms with Gasteiger partial charge in [-0.25, -0.2) is 0 Å². The van der Waals surface area contributed by atoms with Crippen LogP contribution in [0.5, 0.6) is 5.75 Å². The lowest BCUT2D eigenvalue weighted by Crippen LogP contribution is -2.27.